The highest BCUT2D eigenvalue weighted by Gasteiger charge is 2.44. The van der Waals surface area contributed by atoms with Crippen molar-refractivity contribution in [2.75, 3.05) is 0 Å². The molecule has 0 bridgehead atoms. The second kappa shape index (κ2) is 3.71. The third kappa shape index (κ3) is 1.32. The minimum Gasteiger partial charge on any atom is -0.0805 e. The maximum atomic E-state index is 2.52. The first-order valence-corrected chi connectivity index (χ1v) is 6.98. The molecule has 0 N–H and O–H groups in total. The summed E-state index contributed by atoms with van der Waals surface area (Å²) in [6, 6.07) is 8.80. The van der Waals surface area contributed by atoms with Crippen LogP contribution in [0.5, 0.6) is 0 Å². The fourth-order valence-electron chi connectivity index (χ4n) is 4.13. The quantitative estimate of drug-likeness (QED) is 0.647. The second-order valence-electron chi connectivity index (χ2n) is 5.90. The van der Waals surface area contributed by atoms with Gasteiger partial charge in [-0.15, -0.1) is 0 Å². The van der Waals surface area contributed by atoms with Crippen LogP contribution in [0.1, 0.15) is 6.92 Å². The number of hydrogen-bond donors (Lipinski definition) is 0. The van der Waals surface area contributed by atoms with Crippen molar-refractivity contribution >= 4 is 12.2 Å². The van der Waals surface area contributed by atoms with Crippen molar-refractivity contribution < 1.29 is 0 Å². The van der Waals surface area contributed by atoms with E-state index in [1.807, 2.05) is 0 Å². The van der Waals surface area contributed by atoms with E-state index >= 15 is 0 Å². The van der Waals surface area contributed by atoms with E-state index in [1.54, 1.807) is 0 Å². The molecule has 18 heavy (non-hydrogen) atoms. The molecule has 0 amide bonds. The lowest BCUT2D eigenvalue weighted by Crippen LogP contribution is -2.33. The van der Waals surface area contributed by atoms with Gasteiger partial charge in [-0.2, -0.15) is 0 Å². The van der Waals surface area contributed by atoms with E-state index in [4.69, 9.17) is 0 Å². The molecular formula is C18H18. The topological polar surface area (TPSA) is 0 Å². The molecule has 3 aliphatic carbocycles. The first-order chi connectivity index (χ1) is 8.84. The van der Waals surface area contributed by atoms with Crippen LogP contribution < -0.4 is 10.4 Å². The van der Waals surface area contributed by atoms with Crippen LogP contribution in [0.4, 0.5) is 0 Å². The van der Waals surface area contributed by atoms with Crippen LogP contribution in [0, 0.1) is 29.6 Å². The molecule has 0 aliphatic heterocycles. The predicted octanol–water partition coefficient (Wildman–Crippen LogP) is 2.50. The zero-order valence-electron chi connectivity index (χ0n) is 10.7. The minimum atomic E-state index is 0.695. The molecule has 1 aromatic rings. The van der Waals surface area contributed by atoms with E-state index in [0.29, 0.717) is 17.8 Å². The van der Waals surface area contributed by atoms with Crippen LogP contribution in [0.25, 0.3) is 12.2 Å². The molecule has 1 fully saturated rings. The third-order valence-electron chi connectivity index (χ3n) is 5.07. The van der Waals surface area contributed by atoms with Gasteiger partial charge in [0.2, 0.25) is 0 Å². The summed E-state index contributed by atoms with van der Waals surface area (Å²) in [7, 11) is 0. The lowest BCUT2D eigenvalue weighted by molar-refractivity contribution is 0.427. The van der Waals surface area contributed by atoms with E-state index in [1.165, 1.54) is 10.4 Å². The van der Waals surface area contributed by atoms with E-state index in [0.717, 1.165) is 11.8 Å². The molecular weight excluding hydrogens is 216 g/mol. The van der Waals surface area contributed by atoms with Crippen molar-refractivity contribution in [3.63, 3.8) is 0 Å². The average molecular weight is 234 g/mol. The van der Waals surface area contributed by atoms with Crippen molar-refractivity contribution in [3.8, 4) is 0 Å². The van der Waals surface area contributed by atoms with Crippen LogP contribution in [0.15, 0.2) is 48.6 Å². The molecule has 0 nitrogen and oxygen atoms in total. The molecule has 3 aliphatic rings. The van der Waals surface area contributed by atoms with Gasteiger partial charge < -0.3 is 0 Å². The van der Waals surface area contributed by atoms with Gasteiger partial charge in [-0.25, -0.2) is 0 Å². The molecule has 1 aromatic carbocycles. The highest BCUT2D eigenvalue weighted by molar-refractivity contribution is 5.47. The lowest BCUT2D eigenvalue weighted by atomic mass is 9.82. The molecule has 5 atom stereocenters. The van der Waals surface area contributed by atoms with Crippen LogP contribution in [-0.4, -0.2) is 0 Å². The van der Waals surface area contributed by atoms with E-state index in [2.05, 4.69) is 67.6 Å². The summed E-state index contributed by atoms with van der Waals surface area (Å²) in [5.74, 6) is 3.60. The molecule has 5 unspecified atom stereocenters. The number of rotatable bonds is 0. The fraction of sp³-hybridized carbons (Fsp3) is 0.333. The number of fused-ring (bicyclic) bond motifs is 4. The number of hydrogen-bond acceptors (Lipinski definition) is 0. The largest absolute Gasteiger partial charge is 0.0805 e. The van der Waals surface area contributed by atoms with E-state index in [9.17, 15) is 0 Å². The predicted molar refractivity (Wildman–Crippen MR) is 76.0 cm³/mol. The summed E-state index contributed by atoms with van der Waals surface area (Å²) in [5, 5.41) is 2.85. The molecule has 0 spiro atoms. The molecule has 1 saturated carbocycles. The maximum absolute atomic E-state index is 2.52. The Labute approximate surface area is 108 Å². The average Bonchev–Trinajstić information content (AvgIpc) is 2.71. The lowest BCUT2D eigenvalue weighted by Gasteiger charge is -2.22. The summed E-state index contributed by atoms with van der Waals surface area (Å²) in [6.45, 7) is 2.42. The van der Waals surface area contributed by atoms with Gasteiger partial charge in [0.25, 0.3) is 0 Å². The standard InChI is InChI=1S/C18H18/c1-12-15-8-4-5-9-16(15)18-11-14-7-3-2-6-13(14)10-17(12)18/h2-12,15-18H,1H3. The molecule has 4 rings (SSSR count). The number of allylic oxidation sites excluding steroid dienone is 4. The monoisotopic (exact) mass is 234 g/mol. The van der Waals surface area contributed by atoms with Gasteiger partial charge >= 0.3 is 0 Å². The molecule has 0 heteroatoms. The Hall–Kier alpha value is -1.56. The number of benzene rings is 1. The van der Waals surface area contributed by atoms with Gasteiger partial charge in [-0.3, -0.25) is 0 Å². The van der Waals surface area contributed by atoms with Gasteiger partial charge in [0.15, 0.2) is 0 Å². The van der Waals surface area contributed by atoms with Crippen molar-refractivity contribution in [2.24, 2.45) is 29.6 Å². The minimum absolute atomic E-state index is 0.695. The Balaban J connectivity index is 1.90. The molecule has 0 aromatic heterocycles. The van der Waals surface area contributed by atoms with Gasteiger partial charge in [0.05, 0.1) is 0 Å². The van der Waals surface area contributed by atoms with Crippen LogP contribution >= 0.6 is 0 Å². The fourth-order valence-corrected chi connectivity index (χ4v) is 4.13. The summed E-state index contributed by atoms with van der Waals surface area (Å²) < 4.78 is 0. The van der Waals surface area contributed by atoms with Gasteiger partial charge in [0, 0.05) is 0 Å². The summed E-state index contributed by atoms with van der Waals surface area (Å²) >= 11 is 0. The molecule has 90 valence electrons. The Kier molecular flexibility index (Phi) is 2.14. The Bertz CT molecular complexity index is 647. The molecule has 0 radical (unpaired) electrons. The van der Waals surface area contributed by atoms with Crippen LogP contribution in [-0.2, 0) is 0 Å². The molecule has 0 heterocycles. The van der Waals surface area contributed by atoms with Crippen molar-refractivity contribution in [2.45, 2.75) is 6.92 Å². The highest BCUT2D eigenvalue weighted by Crippen LogP contribution is 2.50. The zero-order chi connectivity index (χ0) is 12.1. The third-order valence-corrected chi connectivity index (χ3v) is 5.07. The van der Waals surface area contributed by atoms with Crippen molar-refractivity contribution in [1.82, 2.24) is 0 Å². The highest BCUT2D eigenvalue weighted by atomic mass is 14.5. The van der Waals surface area contributed by atoms with Gasteiger partial charge in [-0.05, 0) is 40.0 Å². The Morgan fingerprint density at radius 3 is 2.06 bits per heavy atom. The summed E-state index contributed by atoms with van der Waals surface area (Å²) in [6.07, 6.45) is 14.3. The van der Waals surface area contributed by atoms with Crippen LogP contribution in [0.2, 0.25) is 0 Å². The zero-order valence-corrected chi connectivity index (χ0v) is 10.7. The molecule has 0 saturated heterocycles. The van der Waals surface area contributed by atoms with E-state index < -0.39 is 0 Å². The van der Waals surface area contributed by atoms with Crippen molar-refractivity contribution in [1.29, 1.82) is 0 Å². The SMILES string of the molecule is CC1C2C=CC=CC2C2C=c3ccccc3=CC12. The first kappa shape index (κ1) is 10.4. The maximum Gasteiger partial charge on any atom is -0.00894 e. The van der Waals surface area contributed by atoms with Crippen LogP contribution in [0.3, 0.4) is 0 Å². The summed E-state index contributed by atoms with van der Waals surface area (Å²) in [4.78, 5) is 0. The summed E-state index contributed by atoms with van der Waals surface area (Å²) in [5.41, 5.74) is 0. The second-order valence-corrected chi connectivity index (χ2v) is 5.90. The van der Waals surface area contributed by atoms with Crippen molar-refractivity contribution in [3.05, 3.63) is 59.0 Å². The van der Waals surface area contributed by atoms with Gasteiger partial charge in [-0.1, -0.05) is 67.6 Å². The Morgan fingerprint density at radius 2 is 1.33 bits per heavy atom. The van der Waals surface area contributed by atoms with E-state index in [-0.39, 0.29) is 0 Å². The van der Waals surface area contributed by atoms with Gasteiger partial charge in [0.1, 0.15) is 0 Å². The smallest absolute Gasteiger partial charge is 0.00894 e. The Morgan fingerprint density at radius 1 is 0.722 bits per heavy atom. The first-order valence-electron chi connectivity index (χ1n) is 6.98. The normalized spacial score (nSPS) is 39.3.